The second kappa shape index (κ2) is 9.64. The zero-order chi connectivity index (χ0) is 22.7. The highest BCUT2D eigenvalue weighted by atomic mass is 32.2. The maximum absolute atomic E-state index is 12.8. The number of anilines is 1. The summed E-state index contributed by atoms with van der Waals surface area (Å²) in [5.74, 6) is 1.52. The number of amides is 2. The normalized spacial score (nSPS) is 17.3. The molecule has 0 radical (unpaired) electrons. The van der Waals surface area contributed by atoms with Crippen molar-refractivity contribution in [3.63, 3.8) is 0 Å². The van der Waals surface area contributed by atoms with E-state index >= 15 is 0 Å². The molecule has 0 bridgehead atoms. The monoisotopic (exact) mass is 473 g/mol. The molecule has 2 amide bonds. The Morgan fingerprint density at radius 1 is 0.938 bits per heavy atom. The van der Waals surface area contributed by atoms with E-state index in [-0.39, 0.29) is 16.4 Å². The number of carbonyl (C=O) groups excluding carboxylic acids is 2. The first kappa shape index (κ1) is 22.8. The number of hydrogen-bond acceptors (Lipinski definition) is 5. The van der Waals surface area contributed by atoms with Gasteiger partial charge < -0.3 is 10.2 Å². The fourth-order valence-electron chi connectivity index (χ4n) is 3.96. The molecular weight excluding hydrogens is 446 g/mol. The van der Waals surface area contributed by atoms with Crippen LogP contribution in [0.25, 0.3) is 0 Å². The van der Waals surface area contributed by atoms with Gasteiger partial charge in [0, 0.05) is 54.5 Å². The molecule has 0 atom stereocenters. The Hall–Kier alpha value is -2.36. The van der Waals surface area contributed by atoms with Crippen molar-refractivity contribution in [3.05, 3.63) is 59.2 Å². The molecule has 2 aromatic rings. The van der Waals surface area contributed by atoms with E-state index in [9.17, 15) is 18.0 Å². The Morgan fingerprint density at radius 3 is 2.34 bits per heavy atom. The summed E-state index contributed by atoms with van der Waals surface area (Å²) in [7, 11) is -3.59. The average Bonchev–Trinajstić information content (AvgIpc) is 3.36. The number of aryl methyl sites for hydroxylation is 1. The summed E-state index contributed by atoms with van der Waals surface area (Å²) in [6.45, 7) is 4.36. The summed E-state index contributed by atoms with van der Waals surface area (Å²) < 4.78 is 27.1. The smallest absolute Gasteiger partial charge is 0.255 e. The summed E-state index contributed by atoms with van der Waals surface area (Å²) in [4.78, 5) is 27.5. The third kappa shape index (κ3) is 4.84. The molecule has 32 heavy (non-hydrogen) atoms. The lowest BCUT2D eigenvalue weighted by Crippen LogP contribution is -2.37. The molecule has 0 spiro atoms. The van der Waals surface area contributed by atoms with Gasteiger partial charge in [0.15, 0.2) is 0 Å². The van der Waals surface area contributed by atoms with Gasteiger partial charge in [0.2, 0.25) is 10.0 Å². The van der Waals surface area contributed by atoms with Crippen molar-refractivity contribution in [1.82, 2.24) is 9.21 Å². The zero-order valence-corrected chi connectivity index (χ0v) is 19.7. The van der Waals surface area contributed by atoms with E-state index in [1.165, 1.54) is 16.4 Å². The Labute approximate surface area is 193 Å². The summed E-state index contributed by atoms with van der Waals surface area (Å²) in [6.07, 6.45) is 1.71. The van der Waals surface area contributed by atoms with Gasteiger partial charge in [0.25, 0.3) is 11.8 Å². The van der Waals surface area contributed by atoms with Crippen LogP contribution in [0.3, 0.4) is 0 Å². The van der Waals surface area contributed by atoms with Crippen LogP contribution in [0, 0.1) is 6.92 Å². The molecule has 9 heteroatoms. The molecule has 0 aliphatic carbocycles. The van der Waals surface area contributed by atoms with Crippen molar-refractivity contribution < 1.29 is 18.0 Å². The summed E-state index contributed by atoms with van der Waals surface area (Å²) in [6, 6.07) is 11.4. The van der Waals surface area contributed by atoms with Crippen molar-refractivity contribution in [2.24, 2.45) is 0 Å². The van der Waals surface area contributed by atoms with Crippen LogP contribution in [0.4, 0.5) is 5.69 Å². The SMILES string of the molecule is Cc1cc(C(=O)N2CCSCC2)ccc1NC(=O)c1cccc(S(=O)(=O)N2CCCC2)c1. The molecule has 0 saturated carbocycles. The molecule has 2 saturated heterocycles. The van der Waals surface area contributed by atoms with Crippen LogP contribution in [-0.4, -0.2) is 67.1 Å². The van der Waals surface area contributed by atoms with E-state index in [1.807, 2.05) is 23.6 Å². The largest absolute Gasteiger partial charge is 0.337 e. The lowest BCUT2D eigenvalue weighted by Gasteiger charge is -2.26. The van der Waals surface area contributed by atoms with Crippen molar-refractivity contribution in [1.29, 1.82) is 0 Å². The summed E-state index contributed by atoms with van der Waals surface area (Å²) in [5, 5.41) is 2.84. The van der Waals surface area contributed by atoms with Gasteiger partial charge in [0.05, 0.1) is 4.90 Å². The second-order valence-corrected chi connectivity index (χ2v) is 11.2. The van der Waals surface area contributed by atoms with Crippen LogP contribution in [0.2, 0.25) is 0 Å². The Balaban J connectivity index is 1.49. The third-order valence-corrected chi connectivity index (χ3v) is 8.66. The van der Waals surface area contributed by atoms with E-state index < -0.39 is 15.9 Å². The topological polar surface area (TPSA) is 86.8 Å². The second-order valence-electron chi connectivity index (χ2n) is 8.03. The standard InChI is InChI=1S/C23H27N3O4S2/c1-17-15-19(23(28)25-11-13-31-14-12-25)7-8-21(17)24-22(27)18-5-4-6-20(16-18)32(29,30)26-9-2-3-10-26/h4-8,15-16H,2-3,9-14H2,1H3,(H,24,27). The minimum atomic E-state index is -3.59. The van der Waals surface area contributed by atoms with E-state index in [0.29, 0.717) is 24.3 Å². The number of sulfonamides is 1. The van der Waals surface area contributed by atoms with Gasteiger partial charge in [-0.2, -0.15) is 16.1 Å². The third-order valence-electron chi connectivity index (χ3n) is 5.82. The van der Waals surface area contributed by atoms with Gasteiger partial charge in [-0.3, -0.25) is 9.59 Å². The maximum atomic E-state index is 12.8. The van der Waals surface area contributed by atoms with Gasteiger partial charge in [-0.25, -0.2) is 8.42 Å². The van der Waals surface area contributed by atoms with Crippen LogP contribution in [-0.2, 0) is 10.0 Å². The molecule has 2 aliphatic heterocycles. The number of benzene rings is 2. The lowest BCUT2D eigenvalue weighted by atomic mass is 10.1. The Kier molecular flexibility index (Phi) is 6.88. The maximum Gasteiger partial charge on any atom is 0.255 e. The van der Waals surface area contributed by atoms with Crippen LogP contribution >= 0.6 is 11.8 Å². The quantitative estimate of drug-likeness (QED) is 0.721. The highest BCUT2D eigenvalue weighted by molar-refractivity contribution is 7.99. The van der Waals surface area contributed by atoms with E-state index in [4.69, 9.17) is 0 Å². The van der Waals surface area contributed by atoms with Gasteiger partial charge >= 0.3 is 0 Å². The van der Waals surface area contributed by atoms with Crippen LogP contribution < -0.4 is 5.32 Å². The fraction of sp³-hybridized carbons (Fsp3) is 0.391. The molecule has 2 aliphatic rings. The molecule has 2 heterocycles. The predicted octanol–water partition coefficient (Wildman–Crippen LogP) is 3.22. The molecule has 4 rings (SSSR count). The molecule has 0 unspecified atom stereocenters. The summed E-state index contributed by atoms with van der Waals surface area (Å²) in [5.41, 5.74) is 2.24. The number of nitrogens with one attached hydrogen (secondary N) is 1. The van der Waals surface area contributed by atoms with E-state index in [1.54, 1.807) is 30.3 Å². The minimum Gasteiger partial charge on any atom is -0.337 e. The average molecular weight is 474 g/mol. The molecule has 1 N–H and O–H groups in total. The van der Waals surface area contributed by atoms with E-state index in [2.05, 4.69) is 5.32 Å². The molecule has 2 fully saturated rings. The van der Waals surface area contributed by atoms with Crippen LogP contribution in [0.5, 0.6) is 0 Å². The van der Waals surface area contributed by atoms with E-state index in [0.717, 1.165) is 43.0 Å². The first-order valence-corrected chi connectivity index (χ1v) is 13.3. The predicted molar refractivity (Wildman–Crippen MR) is 127 cm³/mol. The molecule has 0 aromatic heterocycles. The number of rotatable bonds is 5. The fourth-order valence-corrected chi connectivity index (χ4v) is 6.42. The number of nitrogens with zero attached hydrogens (tertiary/aromatic N) is 2. The lowest BCUT2D eigenvalue weighted by molar-refractivity contribution is 0.0772. The van der Waals surface area contributed by atoms with Crippen LogP contribution in [0.15, 0.2) is 47.4 Å². The summed E-state index contributed by atoms with van der Waals surface area (Å²) >= 11 is 1.85. The highest BCUT2D eigenvalue weighted by Gasteiger charge is 2.27. The van der Waals surface area contributed by atoms with Gasteiger partial charge in [-0.1, -0.05) is 6.07 Å². The van der Waals surface area contributed by atoms with Gasteiger partial charge in [0.1, 0.15) is 0 Å². The van der Waals surface area contributed by atoms with Crippen molar-refractivity contribution in [2.45, 2.75) is 24.7 Å². The van der Waals surface area contributed by atoms with Crippen molar-refractivity contribution in [3.8, 4) is 0 Å². The Bertz CT molecular complexity index is 1120. The van der Waals surface area contributed by atoms with Gasteiger partial charge in [-0.05, 0) is 61.7 Å². The molecule has 170 valence electrons. The van der Waals surface area contributed by atoms with Crippen molar-refractivity contribution >= 4 is 39.3 Å². The molecular formula is C23H27N3O4S2. The highest BCUT2D eigenvalue weighted by Crippen LogP contribution is 2.23. The number of carbonyl (C=O) groups is 2. The minimum absolute atomic E-state index is 0.00565. The first-order valence-electron chi connectivity index (χ1n) is 10.8. The number of hydrogen-bond donors (Lipinski definition) is 1. The van der Waals surface area contributed by atoms with Crippen LogP contribution in [0.1, 0.15) is 39.1 Å². The zero-order valence-electron chi connectivity index (χ0n) is 18.0. The van der Waals surface area contributed by atoms with Gasteiger partial charge in [-0.15, -0.1) is 0 Å². The number of thioether (sulfide) groups is 1. The molecule has 2 aromatic carbocycles. The van der Waals surface area contributed by atoms with Crippen molar-refractivity contribution in [2.75, 3.05) is 43.0 Å². The first-order chi connectivity index (χ1) is 15.4. The Morgan fingerprint density at radius 2 is 1.66 bits per heavy atom. The molecule has 7 nitrogen and oxygen atoms in total.